The van der Waals surface area contributed by atoms with E-state index in [1.165, 1.54) is 11.1 Å². The molecule has 30 heavy (non-hydrogen) atoms. The Morgan fingerprint density at radius 1 is 1.37 bits per heavy atom. The third kappa shape index (κ3) is 6.22. The summed E-state index contributed by atoms with van der Waals surface area (Å²) in [4.78, 5) is 13.3. The van der Waals surface area contributed by atoms with Crippen LogP contribution in [-0.4, -0.2) is 58.8 Å². The lowest BCUT2D eigenvalue weighted by Crippen LogP contribution is -2.21. The number of carbonyl (C=O) groups is 1. The van der Waals surface area contributed by atoms with Gasteiger partial charge in [0.25, 0.3) is 0 Å². The Morgan fingerprint density at radius 3 is 2.90 bits per heavy atom. The number of rotatable bonds is 9. The number of aryl methyl sites for hydroxylation is 1. The molecule has 0 radical (unpaired) electrons. The number of aliphatic hydroxyl groups excluding tert-OH is 2. The Labute approximate surface area is 185 Å². The molecule has 2 N–H and O–H groups in total. The van der Waals surface area contributed by atoms with Crippen LogP contribution in [0.4, 0.5) is 0 Å². The molecule has 0 aromatic heterocycles. The van der Waals surface area contributed by atoms with E-state index in [0.717, 1.165) is 29.9 Å². The molecule has 1 aromatic carbocycles. The van der Waals surface area contributed by atoms with E-state index in [1.54, 1.807) is 19.0 Å². The molecule has 1 saturated carbocycles. The first-order valence-electron chi connectivity index (χ1n) is 10.9. The average Bonchev–Trinajstić information content (AvgIpc) is 3.19. The monoisotopic (exact) mass is 429 g/mol. The molecule has 4 nitrogen and oxygen atoms in total. The lowest BCUT2D eigenvalue weighted by Gasteiger charge is -2.19. The molecule has 0 heterocycles. The number of hydrogen-bond acceptors (Lipinski definition) is 4. The third-order valence-corrected chi connectivity index (χ3v) is 7.35. The fourth-order valence-corrected chi connectivity index (χ4v) is 5.64. The second-order valence-electron chi connectivity index (χ2n) is 8.97. The molecular weight excluding hydrogens is 394 g/mol. The summed E-state index contributed by atoms with van der Waals surface area (Å²) in [5.74, 6) is 2.97. The largest absolute Gasteiger partial charge is 0.392 e. The Hall–Kier alpha value is -1.56. The SMILES string of the molecule is Cc1cccc(C[C@@H](O)C=C[C@@H]2[C@H]3CC(CSCCC(=O)N(C)C)=C[C@H]3C[C@H]2O)c1. The minimum absolute atomic E-state index is 0.108. The number of allylic oxidation sites excluding steroid dienone is 1. The first-order chi connectivity index (χ1) is 14.3. The Kier molecular flexibility index (Phi) is 8.20. The van der Waals surface area contributed by atoms with Gasteiger partial charge in [-0.05, 0) is 37.2 Å². The van der Waals surface area contributed by atoms with Crippen LogP contribution in [0.2, 0.25) is 0 Å². The zero-order valence-electron chi connectivity index (χ0n) is 18.3. The zero-order valence-corrected chi connectivity index (χ0v) is 19.1. The predicted octanol–water partition coefficient (Wildman–Crippen LogP) is 3.61. The highest BCUT2D eigenvalue weighted by Crippen LogP contribution is 2.47. The molecule has 1 fully saturated rings. The van der Waals surface area contributed by atoms with Gasteiger partial charge in [-0.25, -0.2) is 0 Å². The first-order valence-corrected chi connectivity index (χ1v) is 12.1. The highest BCUT2D eigenvalue weighted by Gasteiger charge is 2.43. The number of thioether (sulfide) groups is 1. The predicted molar refractivity (Wildman–Crippen MR) is 124 cm³/mol. The van der Waals surface area contributed by atoms with Crippen LogP contribution in [0.5, 0.6) is 0 Å². The molecule has 0 spiro atoms. The molecule has 0 saturated heterocycles. The van der Waals surface area contributed by atoms with Gasteiger partial charge in [-0.3, -0.25) is 4.79 Å². The van der Waals surface area contributed by atoms with Crippen molar-refractivity contribution in [1.82, 2.24) is 4.90 Å². The third-order valence-electron chi connectivity index (χ3n) is 6.28. The maximum atomic E-state index is 11.7. The summed E-state index contributed by atoms with van der Waals surface area (Å²) in [6.07, 6.45) is 8.42. The average molecular weight is 430 g/mol. The Bertz CT molecular complexity index is 788. The molecule has 1 aromatic rings. The molecule has 0 unspecified atom stereocenters. The van der Waals surface area contributed by atoms with Gasteiger partial charge in [-0.15, -0.1) is 0 Å². The van der Waals surface area contributed by atoms with Crippen molar-refractivity contribution < 1.29 is 15.0 Å². The van der Waals surface area contributed by atoms with Gasteiger partial charge >= 0.3 is 0 Å². The van der Waals surface area contributed by atoms with Crippen LogP contribution in [-0.2, 0) is 11.2 Å². The maximum absolute atomic E-state index is 11.7. The van der Waals surface area contributed by atoms with Crippen LogP contribution in [0.1, 0.15) is 30.4 Å². The fourth-order valence-electron chi connectivity index (χ4n) is 4.70. The number of fused-ring (bicyclic) bond motifs is 1. The van der Waals surface area contributed by atoms with Gasteiger partial charge in [0.15, 0.2) is 0 Å². The second kappa shape index (κ2) is 10.7. The zero-order chi connectivity index (χ0) is 21.7. The van der Waals surface area contributed by atoms with Crippen LogP contribution in [0.25, 0.3) is 0 Å². The van der Waals surface area contributed by atoms with E-state index in [0.29, 0.717) is 24.7 Å². The van der Waals surface area contributed by atoms with Gasteiger partial charge in [0.1, 0.15) is 0 Å². The first kappa shape index (κ1) is 23.1. The van der Waals surface area contributed by atoms with Crippen LogP contribution < -0.4 is 0 Å². The van der Waals surface area contributed by atoms with Gasteiger partial charge in [-0.2, -0.15) is 11.8 Å². The molecule has 0 bridgehead atoms. The highest BCUT2D eigenvalue weighted by atomic mass is 32.2. The molecule has 3 rings (SSSR count). The molecular formula is C25H35NO3S. The van der Waals surface area contributed by atoms with E-state index in [2.05, 4.69) is 31.2 Å². The number of benzene rings is 1. The van der Waals surface area contributed by atoms with Crippen LogP contribution >= 0.6 is 11.8 Å². The fraction of sp³-hybridized carbons (Fsp3) is 0.560. The molecule has 0 aliphatic heterocycles. The van der Waals surface area contributed by atoms with Crippen molar-refractivity contribution in [2.45, 2.75) is 44.8 Å². The summed E-state index contributed by atoms with van der Waals surface area (Å²) in [6, 6.07) is 8.23. The standard InChI is InChI=1S/C25H35NO3S/c1-17-5-4-6-18(11-17)13-21(27)7-8-22-23-14-19(12-20(23)15-24(22)28)16-30-10-9-25(29)26(2)3/h4-8,11-12,20-24,27-28H,9-10,13-16H2,1-3H3/t20-,21-,22+,23-,24+/m0/s1. The van der Waals surface area contributed by atoms with Crippen molar-refractivity contribution in [3.63, 3.8) is 0 Å². The van der Waals surface area contributed by atoms with Gasteiger partial charge < -0.3 is 15.1 Å². The lowest BCUT2D eigenvalue weighted by molar-refractivity contribution is -0.128. The minimum Gasteiger partial charge on any atom is -0.392 e. The van der Waals surface area contributed by atoms with Gasteiger partial charge in [0.2, 0.25) is 5.91 Å². The van der Waals surface area contributed by atoms with E-state index in [1.807, 2.05) is 30.0 Å². The van der Waals surface area contributed by atoms with Crippen molar-refractivity contribution in [2.75, 3.05) is 25.6 Å². The Balaban J connectivity index is 1.47. The van der Waals surface area contributed by atoms with Crippen molar-refractivity contribution in [2.24, 2.45) is 17.8 Å². The molecule has 2 aliphatic rings. The molecule has 1 amide bonds. The van der Waals surface area contributed by atoms with E-state index >= 15 is 0 Å². The molecule has 2 aliphatic carbocycles. The maximum Gasteiger partial charge on any atom is 0.222 e. The summed E-state index contributed by atoms with van der Waals surface area (Å²) in [5.41, 5.74) is 3.77. The van der Waals surface area contributed by atoms with Crippen LogP contribution in [0, 0.1) is 24.7 Å². The number of amides is 1. The van der Waals surface area contributed by atoms with Crippen molar-refractivity contribution in [3.8, 4) is 0 Å². The lowest BCUT2D eigenvalue weighted by atomic mass is 9.89. The minimum atomic E-state index is -0.531. The quantitative estimate of drug-likeness (QED) is 0.465. The number of aliphatic hydroxyl groups is 2. The summed E-state index contributed by atoms with van der Waals surface area (Å²) in [7, 11) is 3.59. The summed E-state index contributed by atoms with van der Waals surface area (Å²) < 4.78 is 0. The summed E-state index contributed by atoms with van der Waals surface area (Å²) in [6.45, 7) is 2.06. The molecule has 5 atom stereocenters. The summed E-state index contributed by atoms with van der Waals surface area (Å²) >= 11 is 1.82. The molecule has 5 heteroatoms. The topological polar surface area (TPSA) is 60.8 Å². The van der Waals surface area contributed by atoms with E-state index in [4.69, 9.17) is 0 Å². The van der Waals surface area contributed by atoms with Crippen molar-refractivity contribution >= 4 is 17.7 Å². The number of carbonyl (C=O) groups excluding carboxylic acids is 1. The van der Waals surface area contributed by atoms with Crippen molar-refractivity contribution in [3.05, 3.63) is 59.2 Å². The van der Waals surface area contributed by atoms with E-state index in [9.17, 15) is 15.0 Å². The Morgan fingerprint density at radius 2 is 2.17 bits per heavy atom. The van der Waals surface area contributed by atoms with E-state index in [-0.39, 0.29) is 17.9 Å². The smallest absolute Gasteiger partial charge is 0.222 e. The molecule has 164 valence electrons. The van der Waals surface area contributed by atoms with Gasteiger partial charge in [-0.1, -0.05) is 53.6 Å². The van der Waals surface area contributed by atoms with Crippen LogP contribution in [0.15, 0.2) is 48.1 Å². The van der Waals surface area contributed by atoms with E-state index < -0.39 is 6.10 Å². The normalized spacial score (nSPS) is 26.6. The highest BCUT2D eigenvalue weighted by molar-refractivity contribution is 7.99. The second-order valence-corrected chi connectivity index (χ2v) is 10.1. The van der Waals surface area contributed by atoms with Crippen molar-refractivity contribution in [1.29, 1.82) is 0 Å². The van der Waals surface area contributed by atoms with Gasteiger partial charge in [0.05, 0.1) is 12.2 Å². The number of nitrogens with zero attached hydrogens (tertiary/aromatic N) is 1. The van der Waals surface area contributed by atoms with Gasteiger partial charge in [0, 0.05) is 44.4 Å². The number of hydrogen-bond donors (Lipinski definition) is 2. The van der Waals surface area contributed by atoms with Crippen LogP contribution in [0.3, 0.4) is 0 Å². The summed E-state index contributed by atoms with van der Waals surface area (Å²) in [5, 5.41) is 21.0.